The van der Waals surface area contributed by atoms with E-state index in [0.29, 0.717) is 5.56 Å². The van der Waals surface area contributed by atoms with Gasteiger partial charge in [0.05, 0.1) is 10.9 Å². The standard InChI is InChI=1S/C15H15FN2O3S/c1-10(11-5-7-14(8-6-11)22(17,20)21)18-15(19)12-3-2-4-13(16)9-12/h2-10H,1H3,(H,18,19)(H2,17,20,21). The Bertz CT molecular complexity index is 789. The van der Waals surface area contributed by atoms with Crippen molar-refractivity contribution in [3.63, 3.8) is 0 Å². The average molecular weight is 322 g/mol. The first kappa shape index (κ1) is 16.1. The highest BCUT2D eigenvalue weighted by Gasteiger charge is 2.13. The molecule has 1 unspecified atom stereocenters. The Morgan fingerprint density at radius 2 is 1.82 bits per heavy atom. The molecule has 0 aliphatic rings. The molecule has 0 aliphatic heterocycles. The molecule has 2 aromatic carbocycles. The van der Waals surface area contributed by atoms with Crippen molar-refractivity contribution < 1.29 is 17.6 Å². The molecule has 0 heterocycles. The first-order valence-electron chi connectivity index (χ1n) is 6.46. The quantitative estimate of drug-likeness (QED) is 0.902. The van der Waals surface area contributed by atoms with E-state index in [1.54, 1.807) is 19.1 Å². The van der Waals surface area contributed by atoms with E-state index in [-0.39, 0.29) is 16.5 Å². The molecule has 116 valence electrons. The third kappa shape index (κ3) is 3.90. The molecule has 3 N–H and O–H groups in total. The van der Waals surface area contributed by atoms with Crippen LogP contribution in [0, 0.1) is 5.82 Å². The van der Waals surface area contributed by atoms with Gasteiger partial charge in [-0.25, -0.2) is 17.9 Å². The molecule has 0 saturated carbocycles. The van der Waals surface area contributed by atoms with Crippen LogP contribution in [0.15, 0.2) is 53.4 Å². The van der Waals surface area contributed by atoms with Gasteiger partial charge in [0.15, 0.2) is 0 Å². The molecule has 0 bridgehead atoms. The first-order chi connectivity index (χ1) is 10.3. The van der Waals surface area contributed by atoms with Crippen LogP contribution in [0.2, 0.25) is 0 Å². The Hall–Kier alpha value is -2.25. The first-order valence-corrected chi connectivity index (χ1v) is 8.01. The summed E-state index contributed by atoms with van der Waals surface area (Å²) in [5.41, 5.74) is 0.921. The van der Waals surface area contributed by atoms with Crippen LogP contribution >= 0.6 is 0 Å². The number of benzene rings is 2. The van der Waals surface area contributed by atoms with Gasteiger partial charge in [-0.2, -0.15) is 0 Å². The van der Waals surface area contributed by atoms with E-state index in [9.17, 15) is 17.6 Å². The van der Waals surface area contributed by atoms with Crippen molar-refractivity contribution in [2.24, 2.45) is 5.14 Å². The fourth-order valence-electron chi connectivity index (χ4n) is 1.94. The number of halogens is 1. The molecule has 0 aromatic heterocycles. The number of carbonyl (C=O) groups excluding carboxylic acids is 1. The fourth-order valence-corrected chi connectivity index (χ4v) is 2.45. The smallest absolute Gasteiger partial charge is 0.251 e. The highest BCUT2D eigenvalue weighted by Crippen LogP contribution is 2.16. The second-order valence-electron chi connectivity index (χ2n) is 4.82. The summed E-state index contributed by atoms with van der Waals surface area (Å²) >= 11 is 0. The normalized spacial score (nSPS) is 12.7. The second-order valence-corrected chi connectivity index (χ2v) is 6.38. The number of hydrogen-bond donors (Lipinski definition) is 2. The molecule has 2 rings (SSSR count). The van der Waals surface area contributed by atoms with E-state index in [2.05, 4.69) is 5.32 Å². The second kappa shape index (κ2) is 6.25. The minimum Gasteiger partial charge on any atom is -0.346 e. The highest BCUT2D eigenvalue weighted by atomic mass is 32.2. The molecule has 22 heavy (non-hydrogen) atoms. The van der Waals surface area contributed by atoms with Gasteiger partial charge in [0.25, 0.3) is 5.91 Å². The van der Waals surface area contributed by atoms with Gasteiger partial charge in [-0.15, -0.1) is 0 Å². The van der Waals surface area contributed by atoms with Gasteiger partial charge >= 0.3 is 0 Å². The Balaban J connectivity index is 2.12. The summed E-state index contributed by atoms with van der Waals surface area (Å²) < 4.78 is 35.5. The topological polar surface area (TPSA) is 89.3 Å². The molecule has 0 fully saturated rings. The summed E-state index contributed by atoms with van der Waals surface area (Å²) in [4.78, 5) is 12.0. The lowest BCUT2D eigenvalue weighted by atomic mass is 10.1. The Kier molecular flexibility index (Phi) is 4.58. The number of hydrogen-bond acceptors (Lipinski definition) is 3. The van der Waals surface area contributed by atoms with Gasteiger partial charge in [-0.1, -0.05) is 18.2 Å². The van der Waals surface area contributed by atoms with E-state index >= 15 is 0 Å². The zero-order chi connectivity index (χ0) is 16.3. The molecule has 1 atom stereocenters. The van der Waals surface area contributed by atoms with Crippen molar-refractivity contribution >= 4 is 15.9 Å². The third-order valence-electron chi connectivity index (χ3n) is 3.14. The molecule has 0 saturated heterocycles. The maximum Gasteiger partial charge on any atom is 0.251 e. The number of carbonyl (C=O) groups is 1. The van der Waals surface area contributed by atoms with Crippen molar-refractivity contribution in [2.45, 2.75) is 17.9 Å². The summed E-state index contributed by atoms with van der Waals surface area (Å²) in [5.74, 6) is -0.902. The molecule has 1 amide bonds. The van der Waals surface area contributed by atoms with Gasteiger partial charge in [0.2, 0.25) is 10.0 Å². The highest BCUT2D eigenvalue weighted by molar-refractivity contribution is 7.89. The fraction of sp³-hybridized carbons (Fsp3) is 0.133. The number of primary sulfonamides is 1. The lowest BCUT2D eigenvalue weighted by Crippen LogP contribution is -2.26. The van der Waals surface area contributed by atoms with Crippen LogP contribution in [0.3, 0.4) is 0 Å². The Morgan fingerprint density at radius 3 is 2.36 bits per heavy atom. The monoisotopic (exact) mass is 322 g/mol. The summed E-state index contributed by atoms with van der Waals surface area (Å²) in [5, 5.41) is 7.73. The van der Waals surface area contributed by atoms with Crippen LogP contribution in [0.25, 0.3) is 0 Å². The van der Waals surface area contributed by atoms with Crippen LogP contribution in [0.1, 0.15) is 28.9 Å². The van der Waals surface area contributed by atoms with Crippen molar-refractivity contribution in [1.29, 1.82) is 0 Å². The SMILES string of the molecule is CC(NC(=O)c1cccc(F)c1)c1ccc(S(N)(=O)=O)cc1. The zero-order valence-electron chi connectivity index (χ0n) is 11.8. The molecular weight excluding hydrogens is 307 g/mol. The lowest BCUT2D eigenvalue weighted by Gasteiger charge is -2.14. The number of rotatable bonds is 4. The van der Waals surface area contributed by atoms with Crippen molar-refractivity contribution in [1.82, 2.24) is 5.32 Å². The van der Waals surface area contributed by atoms with Crippen molar-refractivity contribution in [3.05, 3.63) is 65.5 Å². The molecule has 0 aliphatic carbocycles. The van der Waals surface area contributed by atoms with E-state index in [0.717, 1.165) is 6.07 Å². The molecule has 2 aromatic rings. The predicted molar refractivity (Wildman–Crippen MR) is 80.1 cm³/mol. The number of amides is 1. The molecule has 5 nitrogen and oxygen atoms in total. The largest absolute Gasteiger partial charge is 0.346 e. The molecular formula is C15H15FN2O3S. The summed E-state index contributed by atoms with van der Waals surface area (Å²) in [6.45, 7) is 1.74. The van der Waals surface area contributed by atoms with Gasteiger partial charge in [0, 0.05) is 5.56 Å². The number of nitrogens with two attached hydrogens (primary N) is 1. The number of nitrogens with one attached hydrogen (secondary N) is 1. The van der Waals surface area contributed by atoms with Crippen LogP contribution in [-0.4, -0.2) is 14.3 Å². The van der Waals surface area contributed by atoms with Crippen LogP contribution in [-0.2, 0) is 10.0 Å². The van der Waals surface area contributed by atoms with Gasteiger partial charge in [-0.3, -0.25) is 4.79 Å². The molecule has 7 heteroatoms. The predicted octanol–water partition coefficient (Wildman–Crippen LogP) is 1.96. The van der Waals surface area contributed by atoms with Crippen LogP contribution < -0.4 is 10.5 Å². The maximum atomic E-state index is 13.1. The van der Waals surface area contributed by atoms with Crippen LogP contribution in [0.4, 0.5) is 4.39 Å². The summed E-state index contributed by atoms with van der Waals surface area (Å²) in [6, 6.07) is 10.9. The lowest BCUT2D eigenvalue weighted by molar-refractivity contribution is 0.0939. The van der Waals surface area contributed by atoms with E-state index < -0.39 is 21.7 Å². The maximum absolute atomic E-state index is 13.1. The minimum atomic E-state index is -3.75. The zero-order valence-corrected chi connectivity index (χ0v) is 12.6. The summed E-state index contributed by atoms with van der Waals surface area (Å²) in [7, 11) is -3.75. The Morgan fingerprint density at radius 1 is 1.18 bits per heavy atom. The van der Waals surface area contributed by atoms with Crippen LogP contribution in [0.5, 0.6) is 0 Å². The molecule has 0 radical (unpaired) electrons. The van der Waals surface area contributed by atoms with Gasteiger partial charge in [0.1, 0.15) is 5.82 Å². The van der Waals surface area contributed by atoms with Gasteiger partial charge < -0.3 is 5.32 Å². The van der Waals surface area contributed by atoms with Crippen molar-refractivity contribution in [3.8, 4) is 0 Å². The van der Waals surface area contributed by atoms with Gasteiger partial charge in [-0.05, 0) is 42.8 Å². The number of sulfonamides is 1. The molecule has 0 spiro atoms. The van der Waals surface area contributed by atoms with E-state index in [4.69, 9.17) is 5.14 Å². The summed E-state index contributed by atoms with van der Waals surface area (Å²) in [6.07, 6.45) is 0. The minimum absolute atomic E-state index is 0.0000861. The van der Waals surface area contributed by atoms with Crippen molar-refractivity contribution in [2.75, 3.05) is 0 Å². The van der Waals surface area contributed by atoms with E-state index in [1.807, 2.05) is 0 Å². The third-order valence-corrected chi connectivity index (χ3v) is 4.07. The average Bonchev–Trinajstić information content (AvgIpc) is 2.46. The van der Waals surface area contributed by atoms with E-state index in [1.165, 1.54) is 30.3 Å². The Labute approximate surface area is 128 Å².